The average molecular weight is 388 g/mol. The summed E-state index contributed by atoms with van der Waals surface area (Å²) in [6.45, 7) is 0.356. The molecule has 0 atom stereocenters. The number of nitrogens with one attached hydrogen (secondary N) is 1. The molecular weight excluding hydrogens is 364 g/mol. The van der Waals surface area contributed by atoms with Gasteiger partial charge in [0.15, 0.2) is 11.5 Å². The normalized spacial score (nSPS) is 10.2. The molecule has 0 spiro atoms. The number of benzene rings is 2. The highest BCUT2D eigenvalue weighted by atomic mass is 32.2. The van der Waals surface area contributed by atoms with Crippen LogP contribution < -0.4 is 14.8 Å². The first-order valence-electron chi connectivity index (χ1n) is 8.37. The van der Waals surface area contributed by atoms with Crippen LogP contribution in [0.3, 0.4) is 0 Å². The Morgan fingerprint density at radius 3 is 2.41 bits per heavy atom. The van der Waals surface area contributed by atoms with Crippen molar-refractivity contribution in [1.29, 1.82) is 0 Å². The van der Waals surface area contributed by atoms with Crippen molar-refractivity contribution in [1.82, 2.24) is 10.2 Å². The number of nitrogens with zero attached hydrogens (tertiary/aromatic N) is 1. The van der Waals surface area contributed by atoms with Crippen LogP contribution in [-0.4, -0.2) is 50.8 Å². The van der Waals surface area contributed by atoms with Gasteiger partial charge in [-0.25, -0.2) is 0 Å². The fourth-order valence-electron chi connectivity index (χ4n) is 2.32. The van der Waals surface area contributed by atoms with E-state index in [1.165, 1.54) is 16.7 Å². The minimum Gasteiger partial charge on any atom is -0.493 e. The van der Waals surface area contributed by atoms with Gasteiger partial charge in [-0.15, -0.1) is 11.8 Å². The molecular formula is C20H24N2O4S. The van der Waals surface area contributed by atoms with Gasteiger partial charge in [0, 0.05) is 25.5 Å². The van der Waals surface area contributed by atoms with Crippen molar-refractivity contribution < 1.29 is 19.1 Å². The van der Waals surface area contributed by atoms with Crippen molar-refractivity contribution in [2.24, 2.45) is 0 Å². The maximum atomic E-state index is 12.6. The second-order valence-electron chi connectivity index (χ2n) is 5.95. The van der Waals surface area contributed by atoms with Gasteiger partial charge in [-0.1, -0.05) is 18.2 Å². The summed E-state index contributed by atoms with van der Waals surface area (Å²) in [7, 11) is 6.58. The number of carbonyl (C=O) groups is 2. The number of rotatable bonds is 8. The Bertz CT molecular complexity index is 808. The predicted molar refractivity (Wildman–Crippen MR) is 107 cm³/mol. The molecule has 6 nitrogen and oxygen atoms in total. The average Bonchev–Trinajstić information content (AvgIpc) is 2.69. The van der Waals surface area contributed by atoms with Gasteiger partial charge in [0.05, 0.1) is 25.5 Å². The zero-order valence-corrected chi connectivity index (χ0v) is 16.8. The van der Waals surface area contributed by atoms with Gasteiger partial charge in [-0.3, -0.25) is 9.59 Å². The second kappa shape index (κ2) is 9.87. The highest BCUT2D eigenvalue weighted by Gasteiger charge is 2.14. The lowest BCUT2D eigenvalue weighted by molar-refractivity contribution is -0.125. The van der Waals surface area contributed by atoms with E-state index in [0.717, 1.165) is 10.5 Å². The van der Waals surface area contributed by atoms with Crippen molar-refractivity contribution in [2.45, 2.75) is 11.4 Å². The Labute approximate surface area is 163 Å². The summed E-state index contributed by atoms with van der Waals surface area (Å²) in [6, 6.07) is 12.8. The van der Waals surface area contributed by atoms with Gasteiger partial charge in [0.2, 0.25) is 5.91 Å². The summed E-state index contributed by atoms with van der Waals surface area (Å²) in [4.78, 5) is 26.7. The molecule has 0 aliphatic rings. The molecule has 2 aromatic carbocycles. The molecule has 0 aliphatic heterocycles. The SMILES string of the molecule is COc1ccc(CNC(=O)c2ccccc2SCC(=O)N(C)C)cc1OC. The van der Waals surface area contributed by atoms with Crippen LogP contribution in [-0.2, 0) is 11.3 Å². The van der Waals surface area contributed by atoms with E-state index in [9.17, 15) is 9.59 Å². The maximum Gasteiger partial charge on any atom is 0.252 e. The summed E-state index contributed by atoms with van der Waals surface area (Å²) >= 11 is 1.36. The Kier molecular flexibility index (Phi) is 7.55. The van der Waals surface area contributed by atoms with Crippen LogP contribution in [0.5, 0.6) is 11.5 Å². The quantitative estimate of drug-likeness (QED) is 0.705. The molecule has 144 valence electrons. The van der Waals surface area contributed by atoms with Crippen LogP contribution in [0, 0.1) is 0 Å². The highest BCUT2D eigenvalue weighted by molar-refractivity contribution is 8.00. The third kappa shape index (κ3) is 5.65. The van der Waals surface area contributed by atoms with Crippen LogP contribution >= 0.6 is 11.8 Å². The molecule has 2 amide bonds. The van der Waals surface area contributed by atoms with Gasteiger partial charge < -0.3 is 19.7 Å². The standard InChI is InChI=1S/C20H24N2O4S/c1-22(2)19(23)13-27-18-8-6-5-7-15(18)20(24)21-12-14-9-10-16(25-3)17(11-14)26-4/h5-11H,12-13H2,1-4H3,(H,21,24). The highest BCUT2D eigenvalue weighted by Crippen LogP contribution is 2.27. The molecule has 0 aliphatic carbocycles. The zero-order valence-electron chi connectivity index (χ0n) is 15.9. The van der Waals surface area contributed by atoms with Crippen molar-refractivity contribution in [3.8, 4) is 11.5 Å². The molecule has 2 aromatic rings. The van der Waals surface area contributed by atoms with Crippen molar-refractivity contribution >= 4 is 23.6 Å². The lowest BCUT2D eigenvalue weighted by Crippen LogP contribution is -2.25. The fraction of sp³-hybridized carbons (Fsp3) is 0.300. The summed E-state index contributed by atoms with van der Waals surface area (Å²) in [6.07, 6.45) is 0. The minimum absolute atomic E-state index is 0.000499. The first-order chi connectivity index (χ1) is 13.0. The Morgan fingerprint density at radius 1 is 1.04 bits per heavy atom. The largest absolute Gasteiger partial charge is 0.493 e. The molecule has 0 fully saturated rings. The topological polar surface area (TPSA) is 67.9 Å². The van der Waals surface area contributed by atoms with E-state index in [-0.39, 0.29) is 17.6 Å². The minimum atomic E-state index is -0.190. The first-order valence-corrected chi connectivity index (χ1v) is 9.36. The fourth-order valence-corrected chi connectivity index (χ4v) is 3.35. The number of ether oxygens (including phenoxy) is 2. The van der Waals surface area contributed by atoms with E-state index in [4.69, 9.17) is 9.47 Å². The molecule has 27 heavy (non-hydrogen) atoms. The van der Waals surface area contributed by atoms with E-state index in [2.05, 4.69) is 5.32 Å². The van der Waals surface area contributed by atoms with Gasteiger partial charge in [0.1, 0.15) is 0 Å². The lowest BCUT2D eigenvalue weighted by atomic mass is 10.1. The van der Waals surface area contributed by atoms with E-state index in [1.54, 1.807) is 40.4 Å². The van der Waals surface area contributed by atoms with Crippen LogP contribution in [0.1, 0.15) is 15.9 Å². The number of methoxy groups -OCH3 is 2. The number of hydrogen-bond donors (Lipinski definition) is 1. The van der Waals surface area contributed by atoms with Gasteiger partial charge >= 0.3 is 0 Å². The first kappa shape index (κ1) is 20.6. The van der Waals surface area contributed by atoms with Gasteiger partial charge in [-0.05, 0) is 29.8 Å². The molecule has 2 rings (SSSR count). The van der Waals surface area contributed by atoms with Crippen molar-refractivity contribution in [3.05, 3.63) is 53.6 Å². The number of thioether (sulfide) groups is 1. The molecule has 0 saturated heterocycles. The summed E-state index contributed by atoms with van der Waals surface area (Å²) in [5.41, 5.74) is 1.45. The Morgan fingerprint density at radius 2 is 1.74 bits per heavy atom. The van der Waals surface area contributed by atoms with Gasteiger partial charge in [0.25, 0.3) is 5.91 Å². The Balaban J connectivity index is 2.05. The monoisotopic (exact) mass is 388 g/mol. The molecule has 1 N–H and O–H groups in total. The molecule has 7 heteroatoms. The van der Waals surface area contributed by atoms with Crippen molar-refractivity contribution in [2.75, 3.05) is 34.1 Å². The van der Waals surface area contributed by atoms with Crippen LogP contribution in [0.15, 0.2) is 47.4 Å². The van der Waals surface area contributed by atoms with Crippen molar-refractivity contribution in [3.63, 3.8) is 0 Å². The summed E-state index contributed by atoms with van der Waals surface area (Å²) < 4.78 is 10.5. The number of hydrogen-bond acceptors (Lipinski definition) is 5. The number of carbonyl (C=O) groups excluding carboxylic acids is 2. The third-order valence-corrected chi connectivity index (χ3v) is 4.94. The molecule has 0 saturated carbocycles. The number of amides is 2. The van der Waals surface area contributed by atoms with E-state index >= 15 is 0 Å². The van der Waals surface area contributed by atoms with E-state index in [0.29, 0.717) is 23.6 Å². The molecule has 0 bridgehead atoms. The second-order valence-corrected chi connectivity index (χ2v) is 6.96. The van der Waals surface area contributed by atoms with Crippen LogP contribution in [0.2, 0.25) is 0 Å². The van der Waals surface area contributed by atoms with E-state index in [1.807, 2.05) is 30.3 Å². The predicted octanol–water partition coefficient (Wildman–Crippen LogP) is 2.81. The third-order valence-electron chi connectivity index (χ3n) is 3.88. The summed E-state index contributed by atoms with van der Waals surface area (Å²) in [5, 5.41) is 2.91. The zero-order chi connectivity index (χ0) is 19.8. The smallest absolute Gasteiger partial charge is 0.252 e. The molecule has 0 heterocycles. The molecule has 0 aromatic heterocycles. The molecule has 0 radical (unpaired) electrons. The van der Waals surface area contributed by atoms with Gasteiger partial charge in [-0.2, -0.15) is 0 Å². The van der Waals surface area contributed by atoms with Crippen LogP contribution in [0.4, 0.5) is 0 Å². The Hall–Kier alpha value is -2.67. The maximum absolute atomic E-state index is 12.6. The lowest BCUT2D eigenvalue weighted by Gasteiger charge is -2.13. The van der Waals surface area contributed by atoms with E-state index < -0.39 is 0 Å². The van der Waals surface area contributed by atoms with Crippen LogP contribution in [0.25, 0.3) is 0 Å². The molecule has 0 unspecified atom stereocenters. The summed E-state index contributed by atoms with van der Waals surface area (Å²) in [5.74, 6) is 1.35.